The molecule has 1 aliphatic heterocycles. The van der Waals surface area contributed by atoms with Gasteiger partial charge in [-0.2, -0.15) is 5.10 Å². The molecule has 0 aliphatic carbocycles. The number of hydrogen-bond donors (Lipinski definition) is 1. The highest BCUT2D eigenvalue weighted by Crippen LogP contribution is 2.39. The van der Waals surface area contributed by atoms with E-state index in [9.17, 15) is 4.79 Å². The van der Waals surface area contributed by atoms with E-state index in [1.807, 2.05) is 20.9 Å². The number of aromatic nitrogens is 3. The molecule has 2 aromatic rings. The molecule has 0 unspecified atom stereocenters. The standard InChI is InChI=1S/C17H25N5O3/c1-10-9-14(20-25-10)18-16(23)12(3)22-8-6-7-13(22)15-11(2)19-21(4)17(15)24-5/h9,12-13H,6-8H2,1-5H3,(H,18,20,23)/t12-,13-/m1/s1. The van der Waals surface area contributed by atoms with Crippen molar-refractivity contribution in [3.05, 3.63) is 23.1 Å². The largest absolute Gasteiger partial charge is 0.481 e. The lowest BCUT2D eigenvalue weighted by Gasteiger charge is -2.29. The predicted molar refractivity (Wildman–Crippen MR) is 92.5 cm³/mol. The van der Waals surface area contributed by atoms with Gasteiger partial charge in [0.2, 0.25) is 11.8 Å². The van der Waals surface area contributed by atoms with Gasteiger partial charge in [0.1, 0.15) is 5.76 Å². The minimum Gasteiger partial charge on any atom is -0.481 e. The molecule has 1 N–H and O–H groups in total. The van der Waals surface area contributed by atoms with Crippen molar-refractivity contribution in [1.29, 1.82) is 0 Å². The van der Waals surface area contributed by atoms with Crippen LogP contribution in [0.2, 0.25) is 0 Å². The second-order valence-corrected chi connectivity index (χ2v) is 6.52. The summed E-state index contributed by atoms with van der Waals surface area (Å²) in [4.78, 5) is 14.8. The van der Waals surface area contributed by atoms with Crippen LogP contribution in [0.1, 0.15) is 42.8 Å². The molecule has 3 rings (SSSR count). The van der Waals surface area contributed by atoms with E-state index in [0.717, 1.165) is 36.5 Å². The molecule has 1 amide bonds. The van der Waals surface area contributed by atoms with Crippen molar-refractivity contribution in [1.82, 2.24) is 19.8 Å². The molecular formula is C17H25N5O3. The highest BCUT2D eigenvalue weighted by atomic mass is 16.5. The third kappa shape index (κ3) is 3.26. The third-order valence-corrected chi connectivity index (χ3v) is 4.79. The smallest absolute Gasteiger partial charge is 0.242 e. The molecule has 2 atom stereocenters. The zero-order valence-corrected chi connectivity index (χ0v) is 15.4. The molecule has 0 bridgehead atoms. The van der Waals surface area contributed by atoms with Crippen LogP contribution in [-0.4, -0.2) is 45.4 Å². The van der Waals surface area contributed by atoms with Gasteiger partial charge in [0.15, 0.2) is 5.82 Å². The zero-order valence-electron chi connectivity index (χ0n) is 15.4. The molecule has 1 saturated heterocycles. The summed E-state index contributed by atoms with van der Waals surface area (Å²) < 4.78 is 12.3. The Morgan fingerprint density at radius 2 is 2.24 bits per heavy atom. The summed E-state index contributed by atoms with van der Waals surface area (Å²) in [6.45, 7) is 6.55. The quantitative estimate of drug-likeness (QED) is 0.892. The van der Waals surface area contributed by atoms with E-state index in [1.54, 1.807) is 24.8 Å². The van der Waals surface area contributed by atoms with Crippen molar-refractivity contribution in [3.63, 3.8) is 0 Å². The second kappa shape index (κ2) is 6.87. The number of methoxy groups -OCH3 is 1. The Hall–Kier alpha value is -2.35. The molecule has 1 fully saturated rings. The maximum Gasteiger partial charge on any atom is 0.242 e. The lowest BCUT2D eigenvalue weighted by atomic mass is 10.0. The van der Waals surface area contributed by atoms with Crippen molar-refractivity contribution < 1.29 is 14.1 Å². The van der Waals surface area contributed by atoms with Crippen molar-refractivity contribution in [2.24, 2.45) is 7.05 Å². The van der Waals surface area contributed by atoms with Gasteiger partial charge in [0, 0.05) is 19.2 Å². The van der Waals surface area contributed by atoms with Crippen LogP contribution in [-0.2, 0) is 11.8 Å². The van der Waals surface area contributed by atoms with Gasteiger partial charge in [-0.15, -0.1) is 0 Å². The Balaban J connectivity index is 1.80. The van der Waals surface area contributed by atoms with Crippen LogP contribution in [0.25, 0.3) is 0 Å². The van der Waals surface area contributed by atoms with E-state index < -0.39 is 0 Å². The van der Waals surface area contributed by atoms with E-state index in [0.29, 0.717) is 11.6 Å². The Labute approximate surface area is 147 Å². The number of likely N-dealkylation sites (tertiary alicyclic amines) is 1. The second-order valence-electron chi connectivity index (χ2n) is 6.52. The number of nitrogens with one attached hydrogen (secondary N) is 1. The molecule has 8 nitrogen and oxygen atoms in total. The Morgan fingerprint density at radius 1 is 1.48 bits per heavy atom. The summed E-state index contributed by atoms with van der Waals surface area (Å²) in [6.07, 6.45) is 2.01. The fraction of sp³-hybridized carbons (Fsp3) is 0.588. The Bertz CT molecular complexity index is 766. The summed E-state index contributed by atoms with van der Waals surface area (Å²) in [5.74, 6) is 1.77. The monoisotopic (exact) mass is 347 g/mol. The van der Waals surface area contributed by atoms with Crippen molar-refractivity contribution in [3.8, 4) is 5.88 Å². The van der Waals surface area contributed by atoms with Gasteiger partial charge in [-0.3, -0.25) is 9.69 Å². The molecular weight excluding hydrogens is 322 g/mol. The molecule has 0 aromatic carbocycles. The maximum absolute atomic E-state index is 12.6. The highest BCUT2D eigenvalue weighted by molar-refractivity contribution is 5.93. The van der Waals surface area contributed by atoms with Crippen LogP contribution >= 0.6 is 0 Å². The molecule has 25 heavy (non-hydrogen) atoms. The molecule has 0 saturated carbocycles. The number of amides is 1. The van der Waals surface area contributed by atoms with Gasteiger partial charge in [0.05, 0.1) is 24.4 Å². The lowest BCUT2D eigenvalue weighted by Crippen LogP contribution is -2.41. The third-order valence-electron chi connectivity index (χ3n) is 4.79. The summed E-state index contributed by atoms with van der Waals surface area (Å²) in [5, 5.41) is 11.1. The fourth-order valence-electron chi connectivity index (χ4n) is 3.65. The first-order valence-electron chi connectivity index (χ1n) is 8.49. The summed E-state index contributed by atoms with van der Waals surface area (Å²) in [5.41, 5.74) is 2.01. The molecule has 0 spiro atoms. The summed E-state index contributed by atoms with van der Waals surface area (Å²) in [6, 6.07) is 1.53. The molecule has 136 valence electrons. The SMILES string of the molecule is COc1c([C@H]2CCCN2[C@H](C)C(=O)Nc2cc(C)on2)c(C)nn1C. The van der Waals surface area contributed by atoms with Crippen molar-refractivity contribution in [2.75, 3.05) is 19.0 Å². The predicted octanol–water partition coefficient (Wildman–Crippen LogP) is 2.20. The zero-order chi connectivity index (χ0) is 18.1. The molecule has 1 aliphatic rings. The first-order chi connectivity index (χ1) is 11.9. The molecule has 3 heterocycles. The van der Waals surface area contributed by atoms with Gasteiger partial charge < -0.3 is 14.6 Å². The van der Waals surface area contributed by atoms with Crippen LogP contribution < -0.4 is 10.1 Å². The number of aryl methyl sites for hydroxylation is 3. The molecule has 2 aromatic heterocycles. The van der Waals surface area contributed by atoms with Crippen LogP contribution in [0.3, 0.4) is 0 Å². The van der Waals surface area contributed by atoms with Crippen LogP contribution in [0.4, 0.5) is 5.82 Å². The maximum atomic E-state index is 12.6. The van der Waals surface area contributed by atoms with Crippen LogP contribution in [0.5, 0.6) is 5.88 Å². The average Bonchev–Trinajstić information content (AvgIpc) is 3.25. The Kier molecular flexibility index (Phi) is 4.80. The highest BCUT2D eigenvalue weighted by Gasteiger charge is 2.37. The van der Waals surface area contributed by atoms with E-state index in [1.165, 1.54) is 0 Å². The molecule has 8 heteroatoms. The van der Waals surface area contributed by atoms with Gasteiger partial charge >= 0.3 is 0 Å². The molecule has 0 radical (unpaired) electrons. The normalized spacial score (nSPS) is 19.2. The van der Waals surface area contributed by atoms with E-state index >= 15 is 0 Å². The Morgan fingerprint density at radius 3 is 2.88 bits per heavy atom. The van der Waals surface area contributed by atoms with Crippen LogP contribution in [0, 0.1) is 13.8 Å². The summed E-state index contributed by atoms with van der Waals surface area (Å²) in [7, 11) is 3.53. The van der Waals surface area contributed by atoms with E-state index in [2.05, 4.69) is 20.5 Å². The summed E-state index contributed by atoms with van der Waals surface area (Å²) >= 11 is 0. The minimum atomic E-state index is -0.297. The first kappa shape index (κ1) is 17.5. The van der Waals surface area contributed by atoms with Gasteiger partial charge in [-0.05, 0) is 40.2 Å². The van der Waals surface area contributed by atoms with Gasteiger partial charge in [-0.25, -0.2) is 4.68 Å². The number of carbonyl (C=O) groups is 1. The fourth-order valence-corrected chi connectivity index (χ4v) is 3.65. The minimum absolute atomic E-state index is 0.0966. The van der Waals surface area contributed by atoms with Gasteiger partial charge in [-0.1, -0.05) is 5.16 Å². The van der Waals surface area contributed by atoms with E-state index in [4.69, 9.17) is 9.26 Å². The first-order valence-corrected chi connectivity index (χ1v) is 8.49. The number of nitrogens with zero attached hydrogens (tertiary/aromatic N) is 4. The van der Waals surface area contributed by atoms with Crippen molar-refractivity contribution in [2.45, 2.75) is 45.7 Å². The van der Waals surface area contributed by atoms with Crippen LogP contribution in [0.15, 0.2) is 10.6 Å². The number of rotatable bonds is 5. The van der Waals surface area contributed by atoms with Crippen molar-refractivity contribution >= 4 is 11.7 Å². The number of anilines is 1. The average molecular weight is 347 g/mol. The lowest BCUT2D eigenvalue weighted by molar-refractivity contribution is -0.121. The van der Waals surface area contributed by atoms with Gasteiger partial charge in [0.25, 0.3) is 0 Å². The number of ether oxygens (including phenoxy) is 1. The van der Waals surface area contributed by atoms with E-state index in [-0.39, 0.29) is 18.0 Å². The number of carbonyl (C=O) groups excluding carboxylic acids is 1. The topological polar surface area (TPSA) is 85.4 Å². The number of hydrogen-bond acceptors (Lipinski definition) is 6.